The minimum absolute atomic E-state index is 0.640. The van der Waals surface area contributed by atoms with Gasteiger partial charge in [0, 0.05) is 6.04 Å². The van der Waals surface area contributed by atoms with E-state index in [1.165, 1.54) is 32.1 Å². The standard InChI is InChI=1S/C17H27N/c1-4-13(5-2)17(18-3)16-12-8-10-14-9-6-7-11-15(14)16/h6-7,9,11,13,16-18H,4-5,8,10,12H2,1-3H3. The maximum atomic E-state index is 3.61. The van der Waals surface area contributed by atoms with Crippen LogP contribution in [-0.2, 0) is 6.42 Å². The van der Waals surface area contributed by atoms with E-state index in [1.807, 2.05) is 0 Å². The van der Waals surface area contributed by atoms with Crippen molar-refractivity contribution in [1.82, 2.24) is 5.32 Å². The third kappa shape index (κ3) is 2.61. The van der Waals surface area contributed by atoms with Crippen molar-refractivity contribution >= 4 is 0 Å². The maximum Gasteiger partial charge on any atom is 0.0161 e. The molecule has 18 heavy (non-hydrogen) atoms. The number of benzene rings is 1. The number of hydrogen-bond donors (Lipinski definition) is 1. The molecule has 1 heteroatoms. The third-order valence-electron chi connectivity index (χ3n) is 4.74. The summed E-state index contributed by atoms with van der Waals surface area (Å²) in [6.45, 7) is 4.65. The molecule has 0 heterocycles. The fourth-order valence-corrected chi connectivity index (χ4v) is 3.73. The van der Waals surface area contributed by atoms with Gasteiger partial charge in [0.05, 0.1) is 0 Å². The van der Waals surface area contributed by atoms with Gasteiger partial charge in [-0.3, -0.25) is 0 Å². The van der Waals surface area contributed by atoms with Gasteiger partial charge in [0.25, 0.3) is 0 Å². The first kappa shape index (κ1) is 13.6. The highest BCUT2D eigenvalue weighted by atomic mass is 14.9. The second-order valence-electron chi connectivity index (χ2n) is 5.59. The number of nitrogens with one attached hydrogen (secondary N) is 1. The van der Waals surface area contributed by atoms with Gasteiger partial charge in [-0.25, -0.2) is 0 Å². The minimum atomic E-state index is 0.640. The largest absolute Gasteiger partial charge is 0.316 e. The Labute approximate surface area is 112 Å². The van der Waals surface area contributed by atoms with Gasteiger partial charge in [-0.1, -0.05) is 51.0 Å². The lowest BCUT2D eigenvalue weighted by Gasteiger charge is -2.36. The Balaban J connectivity index is 2.27. The summed E-state index contributed by atoms with van der Waals surface area (Å²) < 4.78 is 0. The molecule has 1 aliphatic rings. The molecule has 0 spiro atoms. The molecule has 0 saturated carbocycles. The smallest absolute Gasteiger partial charge is 0.0161 e. The molecule has 0 bridgehead atoms. The second-order valence-corrected chi connectivity index (χ2v) is 5.59. The van der Waals surface area contributed by atoms with Crippen LogP contribution >= 0.6 is 0 Å². The first-order chi connectivity index (χ1) is 8.81. The Morgan fingerprint density at radius 3 is 2.61 bits per heavy atom. The molecule has 1 nitrogen and oxygen atoms in total. The highest BCUT2D eigenvalue weighted by Crippen LogP contribution is 2.37. The predicted molar refractivity (Wildman–Crippen MR) is 79.0 cm³/mol. The summed E-state index contributed by atoms with van der Waals surface area (Å²) in [5, 5.41) is 3.61. The van der Waals surface area contributed by atoms with E-state index < -0.39 is 0 Å². The average Bonchev–Trinajstić information content (AvgIpc) is 2.44. The number of hydrogen-bond acceptors (Lipinski definition) is 1. The van der Waals surface area contributed by atoms with Gasteiger partial charge in [-0.15, -0.1) is 0 Å². The molecular weight excluding hydrogens is 218 g/mol. The molecule has 1 aliphatic carbocycles. The van der Waals surface area contributed by atoms with Crippen molar-refractivity contribution in [2.24, 2.45) is 5.92 Å². The highest BCUT2D eigenvalue weighted by molar-refractivity contribution is 5.33. The van der Waals surface area contributed by atoms with Gasteiger partial charge in [0.15, 0.2) is 0 Å². The van der Waals surface area contributed by atoms with E-state index in [4.69, 9.17) is 0 Å². The van der Waals surface area contributed by atoms with Crippen molar-refractivity contribution in [3.63, 3.8) is 0 Å². The van der Waals surface area contributed by atoms with E-state index in [0.29, 0.717) is 12.0 Å². The Kier molecular flexibility index (Phi) is 4.82. The highest BCUT2D eigenvalue weighted by Gasteiger charge is 2.30. The summed E-state index contributed by atoms with van der Waals surface area (Å²) in [6, 6.07) is 9.71. The van der Waals surface area contributed by atoms with Crippen LogP contribution in [0.15, 0.2) is 24.3 Å². The molecule has 1 aromatic carbocycles. The number of aryl methyl sites for hydroxylation is 1. The van der Waals surface area contributed by atoms with E-state index >= 15 is 0 Å². The van der Waals surface area contributed by atoms with E-state index in [1.54, 1.807) is 11.1 Å². The number of likely N-dealkylation sites (N-methyl/N-ethyl adjacent to an activating group) is 1. The Morgan fingerprint density at radius 1 is 1.22 bits per heavy atom. The molecule has 0 saturated heterocycles. The van der Waals surface area contributed by atoms with Crippen molar-refractivity contribution in [3.8, 4) is 0 Å². The van der Waals surface area contributed by atoms with E-state index in [0.717, 1.165) is 5.92 Å². The van der Waals surface area contributed by atoms with Crippen LogP contribution in [0, 0.1) is 5.92 Å². The molecule has 0 aliphatic heterocycles. The van der Waals surface area contributed by atoms with Crippen LogP contribution in [0.5, 0.6) is 0 Å². The van der Waals surface area contributed by atoms with Crippen LogP contribution in [0.4, 0.5) is 0 Å². The van der Waals surface area contributed by atoms with Crippen LogP contribution in [0.2, 0.25) is 0 Å². The molecule has 2 rings (SSSR count). The van der Waals surface area contributed by atoms with E-state index in [9.17, 15) is 0 Å². The summed E-state index contributed by atoms with van der Waals surface area (Å²) in [5.74, 6) is 1.51. The molecule has 0 radical (unpaired) electrons. The van der Waals surface area contributed by atoms with Crippen molar-refractivity contribution in [1.29, 1.82) is 0 Å². The Morgan fingerprint density at radius 2 is 1.94 bits per heavy atom. The molecule has 1 N–H and O–H groups in total. The second kappa shape index (κ2) is 6.38. The fourth-order valence-electron chi connectivity index (χ4n) is 3.73. The molecule has 2 atom stereocenters. The average molecular weight is 245 g/mol. The topological polar surface area (TPSA) is 12.0 Å². The zero-order chi connectivity index (χ0) is 13.0. The third-order valence-corrected chi connectivity index (χ3v) is 4.74. The Hall–Kier alpha value is -0.820. The first-order valence-corrected chi connectivity index (χ1v) is 7.56. The van der Waals surface area contributed by atoms with Gasteiger partial charge in [-0.2, -0.15) is 0 Å². The van der Waals surface area contributed by atoms with E-state index in [2.05, 4.69) is 50.5 Å². The Bertz CT molecular complexity index is 368. The molecule has 0 amide bonds. The summed E-state index contributed by atoms with van der Waals surface area (Å²) in [5.41, 5.74) is 3.19. The van der Waals surface area contributed by atoms with Crippen LogP contribution in [0.1, 0.15) is 56.6 Å². The van der Waals surface area contributed by atoms with Crippen LogP contribution in [-0.4, -0.2) is 13.1 Å². The summed E-state index contributed by atoms with van der Waals surface area (Å²) in [4.78, 5) is 0. The molecule has 1 aromatic rings. The van der Waals surface area contributed by atoms with Crippen LogP contribution in [0.25, 0.3) is 0 Å². The van der Waals surface area contributed by atoms with Gasteiger partial charge in [-0.05, 0) is 49.3 Å². The lowest BCUT2D eigenvalue weighted by Crippen LogP contribution is -2.40. The van der Waals surface area contributed by atoms with Crippen LogP contribution in [0.3, 0.4) is 0 Å². The van der Waals surface area contributed by atoms with Crippen molar-refractivity contribution in [2.45, 2.75) is 57.9 Å². The molecular formula is C17H27N. The number of fused-ring (bicyclic) bond motifs is 1. The van der Waals surface area contributed by atoms with Crippen molar-refractivity contribution in [3.05, 3.63) is 35.4 Å². The quantitative estimate of drug-likeness (QED) is 0.822. The molecule has 0 fully saturated rings. The van der Waals surface area contributed by atoms with Gasteiger partial charge in [0.2, 0.25) is 0 Å². The van der Waals surface area contributed by atoms with Crippen molar-refractivity contribution < 1.29 is 0 Å². The summed E-state index contributed by atoms with van der Waals surface area (Å²) >= 11 is 0. The SMILES string of the molecule is CCC(CC)C(NC)C1CCCc2ccccc21. The molecule has 2 unspecified atom stereocenters. The first-order valence-electron chi connectivity index (χ1n) is 7.56. The zero-order valence-electron chi connectivity index (χ0n) is 12.1. The summed E-state index contributed by atoms with van der Waals surface area (Å²) in [6.07, 6.45) is 6.52. The monoisotopic (exact) mass is 245 g/mol. The fraction of sp³-hybridized carbons (Fsp3) is 0.647. The normalized spacial score (nSPS) is 20.8. The summed E-state index contributed by atoms with van der Waals surface area (Å²) in [7, 11) is 2.14. The van der Waals surface area contributed by atoms with Gasteiger partial charge < -0.3 is 5.32 Å². The van der Waals surface area contributed by atoms with Gasteiger partial charge >= 0.3 is 0 Å². The minimum Gasteiger partial charge on any atom is -0.316 e. The van der Waals surface area contributed by atoms with Crippen molar-refractivity contribution in [2.75, 3.05) is 7.05 Å². The lowest BCUT2D eigenvalue weighted by atomic mass is 9.74. The molecule has 0 aromatic heterocycles. The maximum absolute atomic E-state index is 3.61. The molecule has 100 valence electrons. The lowest BCUT2D eigenvalue weighted by molar-refractivity contribution is 0.286. The zero-order valence-corrected chi connectivity index (χ0v) is 12.1. The predicted octanol–water partition coefficient (Wildman–Crippen LogP) is 4.13. The van der Waals surface area contributed by atoms with Gasteiger partial charge in [0.1, 0.15) is 0 Å². The van der Waals surface area contributed by atoms with E-state index in [-0.39, 0.29) is 0 Å². The van der Waals surface area contributed by atoms with Crippen LogP contribution < -0.4 is 5.32 Å². The number of rotatable bonds is 5.